The fourth-order valence-corrected chi connectivity index (χ4v) is 2.79. The Bertz CT molecular complexity index is 947. The maximum absolute atomic E-state index is 12.3. The minimum absolute atomic E-state index is 0.0586. The van der Waals surface area contributed by atoms with Crippen molar-refractivity contribution >= 4 is 22.7 Å². The zero-order valence-corrected chi connectivity index (χ0v) is 16.0. The number of oxazole rings is 1. The molecule has 2 aromatic carbocycles. The Kier molecular flexibility index (Phi) is 5.64. The van der Waals surface area contributed by atoms with Crippen molar-refractivity contribution in [1.82, 2.24) is 4.98 Å². The first-order chi connectivity index (χ1) is 13.0. The normalized spacial score (nSPS) is 11.0. The second-order valence-electron chi connectivity index (χ2n) is 6.63. The standard InChI is InChI=1S/C21H24N2O4/c1-13(2)21-23-16-12-15(7-9-17(16)27-21)22-20(24)10-6-14-5-8-18(25-3)19(11-14)26-4/h5,7-9,11-13H,6,10H2,1-4H3,(H,22,24). The molecule has 0 saturated heterocycles. The highest BCUT2D eigenvalue weighted by Crippen LogP contribution is 2.28. The minimum atomic E-state index is -0.0586. The lowest BCUT2D eigenvalue weighted by atomic mass is 10.1. The molecule has 6 heteroatoms. The molecule has 3 aromatic rings. The Balaban J connectivity index is 1.63. The number of aromatic nitrogens is 1. The number of benzene rings is 2. The maximum Gasteiger partial charge on any atom is 0.224 e. The van der Waals surface area contributed by atoms with Crippen molar-refractivity contribution in [3.8, 4) is 11.5 Å². The molecule has 0 atom stereocenters. The number of nitrogens with zero attached hydrogens (tertiary/aromatic N) is 1. The van der Waals surface area contributed by atoms with Crippen LogP contribution in [0.4, 0.5) is 5.69 Å². The van der Waals surface area contributed by atoms with Gasteiger partial charge in [0.1, 0.15) is 5.52 Å². The summed E-state index contributed by atoms with van der Waals surface area (Å²) in [6, 6.07) is 11.2. The van der Waals surface area contributed by atoms with Gasteiger partial charge in [-0.1, -0.05) is 19.9 Å². The highest BCUT2D eigenvalue weighted by atomic mass is 16.5. The Labute approximate surface area is 158 Å². The molecule has 0 unspecified atom stereocenters. The van der Waals surface area contributed by atoms with Gasteiger partial charge >= 0.3 is 0 Å². The van der Waals surface area contributed by atoms with E-state index in [4.69, 9.17) is 13.9 Å². The zero-order chi connectivity index (χ0) is 19.4. The van der Waals surface area contributed by atoms with Gasteiger partial charge < -0.3 is 19.2 Å². The summed E-state index contributed by atoms with van der Waals surface area (Å²) in [5, 5.41) is 2.92. The summed E-state index contributed by atoms with van der Waals surface area (Å²) >= 11 is 0. The SMILES string of the molecule is COc1ccc(CCC(=O)Nc2ccc3oc(C(C)C)nc3c2)cc1OC. The highest BCUT2D eigenvalue weighted by molar-refractivity contribution is 5.92. The Hall–Kier alpha value is -3.02. The fourth-order valence-electron chi connectivity index (χ4n) is 2.79. The third-order valence-corrected chi connectivity index (χ3v) is 4.27. The first-order valence-electron chi connectivity index (χ1n) is 8.91. The minimum Gasteiger partial charge on any atom is -0.493 e. The summed E-state index contributed by atoms with van der Waals surface area (Å²) in [5.41, 5.74) is 3.19. The van der Waals surface area contributed by atoms with Crippen molar-refractivity contribution < 1.29 is 18.7 Å². The Morgan fingerprint density at radius 1 is 1.11 bits per heavy atom. The van der Waals surface area contributed by atoms with E-state index in [2.05, 4.69) is 10.3 Å². The zero-order valence-electron chi connectivity index (χ0n) is 16.0. The van der Waals surface area contributed by atoms with Crippen LogP contribution in [0.3, 0.4) is 0 Å². The lowest BCUT2D eigenvalue weighted by Gasteiger charge is -2.09. The van der Waals surface area contributed by atoms with Crippen molar-refractivity contribution in [2.45, 2.75) is 32.6 Å². The largest absolute Gasteiger partial charge is 0.493 e. The van der Waals surface area contributed by atoms with Gasteiger partial charge in [-0.05, 0) is 42.3 Å². The lowest BCUT2D eigenvalue weighted by molar-refractivity contribution is -0.116. The molecule has 1 heterocycles. The number of methoxy groups -OCH3 is 2. The highest BCUT2D eigenvalue weighted by Gasteiger charge is 2.11. The number of hydrogen-bond acceptors (Lipinski definition) is 5. The molecule has 27 heavy (non-hydrogen) atoms. The van der Waals surface area contributed by atoms with Crippen LogP contribution < -0.4 is 14.8 Å². The fraction of sp³-hybridized carbons (Fsp3) is 0.333. The number of fused-ring (bicyclic) bond motifs is 1. The molecule has 0 bridgehead atoms. The number of hydrogen-bond donors (Lipinski definition) is 1. The van der Waals surface area contributed by atoms with Gasteiger partial charge in [0.15, 0.2) is 23.0 Å². The molecule has 0 aliphatic carbocycles. The van der Waals surface area contributed by atoms with Crippen molar-refractivity contribution in [3.63, 3.8) is 0 Å². The number of anilines is 1. The molecule has 0 saturated carbocycles. The van der Waals surface area contributed by atoms with Crippen LogP contribution in [0.5, 0.6) is 11.5 Å². The van der Waals surface area contributed by atoms with E-state index in [0.29, 0.717) is 35.9 Å². The van der Waals surface area contributed by atoms with Crippen LogP contribution in [-0.4, -0.2) is 25.1 Å². The van der Waals surface area contributed by atoms with Crippen molar-refractivity contribution in [3.05, 3.63) is 47.9 Å². The number of rotatable bonds is 7. The molecule has 1 aromatic heterocycles. The van der Waals surface area contributed by atoms with Gasteiger partial charge in [-0.3, -0.25) is 4.79 Å². The van der Waals surface area contributed by atoms with Crippen LogP contribution in [0.1, 0.15) is 37.6 Å². The van der Waals surface area contributed by atoms with Crippen molar-refractivity contribution in [1.29, 1.82) is 0 Å². The molecule has 0 aliphatic heterocycles. The number of aryl methyl sites for hydroxylation is 1. The number of ether oxygens (including phenoxy) is 2. The molecule has 142 valence electrons. The average Bonchev–Trinajstić information content (AvgIpc) is 3.10. The quantitative estimate of drug-likeness (QED) is 0.663. The van der Waals surface area contributed by atoms with Crippen LogP contribution in [0.25, 0.3) is 11.1 Å². The maximum atomic E-state index is 12.3. The molecule has 1 amide bonds. The number of amides is 1. The molecule has 0 aliphatic rings. The predicted molar refractivity (Wildman–Crippen MR) is 105 cm³/mol. The first-order valence-corrected chi connectivity index (χ1v) is 8.91. The summed E-state index contributed by atoms with van der Waals surface area (Å²) in [7, 11) is 3.19. The van der Waals surface area contributed by atoms with E-state index in [1.54, 1.807) is 14.2 Å². The van der Waals surface area contributed by atoms with E-state index >= 15 is 0 Å². The van der Waals surface area contributed by atoms with Crippen LogP contribution in [-0.2, 0) is 11.2 Å². The monoisotopic (exact) mass is 368 g/mol. The average molecular weight is 368 g/mol. The summed E-state index contributed by atoms with van der Waals surface area (Å²) in [4.78, 5) is 16.8. The topological polar surface area (TPSA) is 73.6 Å². The van der Waals surface area contributed by atoms with Gasteiger partial charge in [0.05, 0.1) is 14.2 Å². The van der Waals surface area contributed by atoms with Crippen LogP contribution in [0, 0.1) is 0 Å². The van der Waals surface area contributed by atoms with E-state index < -0.39 is 0 Å². The van der Waals surface area contributed by atoms with E-state index in [9.17, 15) is 4.79 Å². The predicted octanol–water partition coefficient (Wildman–Crippen LogP) is 4.54. The van der Waals surface area contributed by atoms with Gasteiger partial charge in [-0.2, -0.15) is 0 Å². The van der Waals surface area contributed by atoms with E-state index in [0.717, 1.165) is 16.7 Å². The second kappa shape index (κ2) is 8.12. The number of carbonyl (C=O) groups is 1. The Morgan fingerprint density at radius 2 is 1.89 bits per heavy atom. The van der Waals surface area contributed by atoms with Gasteiger partial charge in [0, 0.05) is 18.0 Å². The van der Waals surface area contributed by atoms with E-state index in [1.165, 1.54) is 0 Å². The molecular weight excluding hydrogens is 344 g/mol. The van der Waals surface area contributed by atoms with Crippen molar-refractivity contribution in [2.75, 3.05) is 19.5 Å². The van der Waals surface area contributed by atoms with Crippen LogP contribution >= 0.6 is 0 Å². The third kappa shape index (κ3) is 4.39. The van der Waals surface area contributed by atoms with Gasteiger partial charge in [-0.25, -0.2) is 4.98 Å². The summed E-state index contributed by atoms with van der Waals surface area (Å²) in [5.74, 6) is 2.19. The van der Waals surface area contributed by atoms with E-state index in [-0.39, 0.29) is 11.8 Å². The molecule has 0 radical (unpaired) electrons. The lowest BCUT2D eigenvalue weighted by Crippen LogP contribution is -2.12. The van der Waals surface area contributed by atoms with Gasteiger partial charge in [-0.15, -0.1) is 0 Å². The smallest absolute Gasteiger partial charge is 0.224 e. The molecular formula is C21H24N2O4. The number of carbonyl (C=O) groups excluding carboxylic acids is 1. The number of nitrogens with one attached hydrogen (secondary N) is 1. The third-order valence-electron chi connectivity index (χ3n) is 4.27. The first kappa shape index (κ1) is 18.8. The molecule has 3 rings (SSSR count). The second-order valence-corrected chi connectivity index (χ2v) is 6.63. The van der Waals surface area contributed by atoms with E-state index in [1.807, 2.05) is 50.2 Å². The summed E-state index contributed by atoms with van der Waals surface area (Å²) in [6.07, 6.45) is 0.972. The molecule has 1 N–H and O–H groups in total. The molecule has 0 spiro atoms. The van der Waals surface area contributed by atoms with Crippen LogP contribution in [0.2, 0.25) is 0 Å². The van der Waals surface area contributed by atoms with Crippen LogP contribution in [0.15, 0.2) is 40.8 Å². The summed E-state index contributed by atoms with van der Waals surface area (Å²) < 4.78 is 16.2. The molecule has 6 nitrogen and oxygen atoms in total. The summed E-state index contributed by atoms with van der Waals surface area (Å²) in [6.45, 7) is 4.06. The van der Waals surface area contributed by atoms with Crippen molar-refractivity contribution in [2.24, 2.45) is 0 Å². The van der Waals surface area contributed by atoms with Gasteiger partial charge in [0.2, 0.25) is 5.91 Å². The molecule has 0 fully saturated rings. The Morgan fingerprint density at radius 3 is 2.59 bits per heavy atom. The van der Waals surface area contributed by atoms with Gasteiger partial charge in [0.25, 0.3) is 0 Å².